The van der Waals surface area contributed by atoms with Crippen molar-refractivity contribution in [3.63, 3.8) is 0 Å². The van der Waals surface area contributed by atoms with Crippen LogP contribution in [0.4, 0.5) is 0 Å². The minimum Gasteiger partial charge on any atom is -0.328 e. The lowest BCUT2D eigenvalue weighted by Gasteiger charge is -2.11. The van der Waals surface area contributed by atoms with E-state index < -0.39 is 6.04 Å². The fourth-order valence-corrected chi connectivity index (χ4v) is 0.683. The molecule has 0 amide bonds. The summed E-state index contributed by atoms with van der Waals surface area (Å²) in [4.78, 5) is 11.1. The van der Waals surface area contributed by atoms with E-state index in [2.05, 4.69) is 0 Å². The molecule has 0 aromatic carbocycles. The van der Waals surface area contributed by atoms with E-state index in [0.29, 0.717) is 0 Å². The maximum absolute atomic E-state index is 11.1. The quantitative estimate of drug-likeness (QED) is 0.578. The topological polar surface area (TPSA) is 69.1 Å². The van der Waals surface area contributed by atoms with E-state index in [1.54, 1.807) is 0 Å². The molecule has 4 N–H and O–H groups in total. The Morgan fingerprint density at radius 1 is 1.60 bits per heavy atom. The maximum Gasteiger partial charge on any atom is 0.153 e. The summed E-state index contributed by atoms with van der Waals surface area (Å²) in [7, 11) is 0. The second-order valence-electron chi connectivity index (χ2n) is 2.55. The van der Waals surface area contributed by atoms with Crippen LogP contribution in [0.3, 0.4) is 0 Å². The Balaban J connectivity index is 3.82. The average molecular weight is 144 g/mol. The SMILES string of the molecule is CCC(C)C(=O)[C@@H](N)CN. The van der Waals surface area contributed by atoms with E-state index in [9.17, 15) is 4.79 Å². The fraction of sp³-hybridized carbons (Fsp3) is 0.857. The molecule has 60 valence electrons. The largest absolute Gasteiger partial charge is 0.328 e. The summed E-state index contributed by atoms with van der Waals surface area (Å²) < 4.78 is 0. The fourth-order valence-electron chi connectivity index (χ4n) is 0.683. The standard InChI is InChI=1S/C7H16N2O/c1-3-5(2)7(10)6(9)4-8/h5-6H,3-4,8-9H2,1-2H3/t5?,6-/m0/s1. The van der Waals surface area contributed by atoms with Gasteiger partial charge in [0.15, 0.2) is 5.78 Å². The van der Waals surface area contributed by atoms with Crippen LogP contribution in [0.5, 0.6) is 0 Å². The van der Waals surface area contributed by atoms with Crippen molar-refractivity contribution in [3.8, 4) is 0 Å². The molecular weight excluding hydrogens is 128 g/mol. The number of carbonyl (C=O) groups excluding carboxylic acids is 1. The number of hydrogen-bond acceptors (Lipinski definition) is 3. The van der Waals surface area contributed by atoms with Gasteiger partial charge in [-0.05, 0) is 6.42 Å². The van der Waals surface area contributed by atoms with Gasteiger partial charge in [-0.25, -0.2) is 0 Å². The number of carbonyl (C=O) groups is 1. The predicted molar refractivity (Wildman–Crippen MR) is 41.5 cm³/mol. The molecule has 0 aliphatic carbocycles. The minimum atomic E-state index is -0.463. The number of Topliss-reactive ketones (excluding diaryl/α,β-unsaturated/α-hetero) is 1. The van der Waals surface area contributed by atoms with Gasteiger partial charge < -0.3 is 11.5 Å². The molecule has 3 nitrogen and oxygen atoms in total. The molecule has 1 unspecified atom stereocenters. The second-order valence-corrected chi connectivity index (χ2v) is 2.55. The Kier molecular flexibility index (Phi) is 4.23. The van der Waals surface area contributed by atoms with E-state index >= 15 is 0 Å². The molecule has 2 atom stereocenters. The van der Waals surface area contributed by atoms with Crippen molar-refractivity contribution in [2.45, 2.75) is 26.3 Å². The zero-order chi connectivity index (χ0) is 8.15. The van der Waals surface area contributed by atoms with Crippen LogP contribution in [0.25, 0.3) is 0 Å². The molecule has 0 spiro atoms. The summed E-state index contributed by atoms with van der Waals surface area (Å²) in [5.41, 5.74) is 10.6. The van der Waals surface area contributed by atoms with Crippen molar-refractivity contribution in [2.24, 2.45) is 17.4 Å². The Morgan fingerprint density at radius 2 is 2.10 bits per heavy atom. The average Bonchev–Trinajstić information content (AvgIpc) is 2.00. The Labute approximate surface area is 61.8 Å². The van der Waals surface area contributed by atoms with Gasteiger partial charge in [-0.2, -0.15) is 0 Å². The lowest BCUT2D eigenvalue weighted by atomic mass is 9.98. The molecular formula is C7H16N2O. The molecule has 10 heavy (non-hydrogen) atoms. The first-order valence-electron chi connectivity index (χ1n) is 3.62. The first-order valence-corrected chi connectivity index (χ1v) is 3.62. The van der Waals surface area contributed by atoms with E-state index in [1.807, 2.05) is 13.8 Å². The minimum absolute atomic E-state index is 0.0542. The third-order valence-electron chi connectivity index (χ3n) is 1.72. The van der Waals surface area contributed by atoms with Crippen molar-refractivity contribution in [3.05, 3.63) is 0 Å². The number of ketones is 1. The van der Waals surface area contributed by atoms with Gasteiger partial charge in [0.2, 0.25) is 0 Å². The summed E-state index contributed by atoms with van der Waals surface area (Å²) in [6.07, 6.45) is 0.840. The lowest BCUT2D eigenvalue weighted by Crippen LogP contribution is -2.40. The molecule has 3 heteroatoms. The molecule has 0 rings (SSSR count). The molecule has 0 aliphatic rings. The summed E-state index contributed by atoms with van der Waals surface area (Å²) in [6, 6.07) is -0.463. The van der Waals surface area contributed by atoms with Gasteiger partial charge in [-0.3, -0.25) is 4.79 Å². The van der Waals surface area contributed by atoms with E-state index in [-0.39, 0.29) is 18.2 Å². The molecule has 0 saturated heterocycles. The van der Waals surface area contributed by atoms with Crippen molar-refractivity contribution >= 4 is 5.78 Å². The maximum atomic E-state index is 11.1. The van der Waals surface area contributed by atoms with Gasteiger partial charge in [0, 0.05) is 12.5 Å². The molecule has 0 aliphatic heterocycles. The van der Waals surface area contributed by atoms with Crippen LogP contribution < -0.4 is 11.5 Å². The van der Waals surface area contributed by atoms with Crippen LogP contribution in [0.2, 0.25) is 0 Å². The third kappa shape index (κ3) is 2.45. The zero-order valence-electron chi connectivity index (χ0n) is 6.63. The predicted octanol–water partition coefficient (Wildman–Crippen LogP) is -0.112. The molecule has 0 bridgehead atoms. The van der Waals surface area contributed by atoms with Crippen molar-refractivity contribution in [1.82, 2.24) is 0 Å². The van der Waals surface area contributed by atoms with Crippen LogP contribution in [0, 0.1) is 5.92 Å². The highest BCUT2D eigenvalue weighted by Gasteiger charge is 2.16. The number of rotatable bonds is 4. The van der Waals surface area contributed by atoms with Crippen LogP contribution >= 0.6 is 0 Å². The van der Waals surface area contributed by atoms with Gasteiger partial charge >= 0.3 is 0 Å². The normalized spacial score (nSPS) is 16.4. The van der Waals surface area contributed by atoms with E-state index in [4.69, 9.17) is 11.5 Å². The Morgan fingerprint density at radius 3 is 2.40 bits per heavy atom. The first kappa shape index (κ1) is 9.59. The highest BCUT2D eigenvalue weighted by Crippen LogP contribution is 2.03. The van der Waals surface area contributed by atoms with Gasteiger partial charge in [-0.1, -0.05) is 13.8 Å². The number of nitrogens with two attached hydrogens (primary N) is 2. The Hall–Kier alpha value is -0.410. The highest BCUT2D eigenvalue weighted by atomic mass is 16.1. The van der Waals surface area contributed by atoms with Gasteiger partial charge in [-0.15, -0.1) is 0 Å². The molecule has 0 aromatic heterocycles. The molecule has 0 saturated carbocycles. The van der Waals surface area contributed by atoms with Gasteiger partial charge in [0.1, 0.15) is 0 Å². The van der Waals surface area contributed by atoms with Gasteiger partial charge in [0.05, 0.1) is 6.04 Å². The second kappa shape index (κ2) is 4.41. The summed E-state index contributed by atoms with van der Waals surface area (Å²) in [5.74, 6) is 0.128. The molecule has 0 heterocycles. The number of hydrogen-bond donors (Lipinski definition) is 2. The molecule has 0 radical (unpaired) electrons. The highest BCUT2D eigenvalue weighted by molar-refractivity contribution is 5.85. The van der Waals surface area contributed by atoms with E-state index in [1.165, 1.54) is 0 Å². The van der Waals surface area contributed by atoms with Crippen LogP contribution in [0.15, 0.2) is 0 Å². The summed E-state index contributed by atoms with van der Waals surface area (Å²) in [5, 5.41) is 0. The molecule has 0 fully saturated rings. The van der Waals surface area contributed by atoms with Crippen molar-refractivity contribution < 1.29 is 4.79 Å². The van der Waals surface area contributed by atoms with E-state index in [0.717, 1.165) is 6.42 Å². The van der Waals surface area contributed by atoms with Crippen LogP contribution in [0.1, 0.15) is 20.3 Å². The lowest BCUT2D eigenvalue weighted by molar-refractivity contribution is -0.123. The first-order chi connectivity index (χ1) is 4.63. The zero-order valence-corrected chi connectivity index (χ0v) is 6.63. The van der Waals surface area contributed by atoms with Crippen molar-refractivity contribution in [2.75, 3.05) is 6.54 Å². The summed E-state index contributed by atoms with van der Waals surface area (Å²) >= 11 is 0. The smallest absolute Gasteiger partial charge is 0.153 e. The van der Waals surface area contributed by atoms with Crippen LogP contribution in [-0.4, -0.2) is 18.4 Å². The Bertz CT molecular complexity index is 102. The van der Waals surface area contributed by atoms with Gasteiger partial charge in [0.25, 0.3) is 0 Å². The third-order valence-corrected chi connectivity index (χ3v) is 1.72. The molecule has 0 aromatic rings. The van der Waals surface area contributed by atoms with Crippen LogP contribution in [-0.2, 0) is 4.79 Å². The summed E-state index contributed by atoms with van der Waals surface area (Å²) in [6.45, 7) is 4.09. The monoisotopic (exact) mass is 144 g/mol. The van der Waals surface area contributed by atoms with Crippen molar-refractivity contribution in [1.29, 1.82) is 0 Å².